The van der Waals surface area contributed by atoms with Gasteiger partial charge in [-0.2, -0.15) is 0 Å². The zero-order valence-corrected chi connectivity index (χ0v) is 9.19. The summed E-state index contributed by atoms with van der Waals surface area (Å²) in [6.07, 6.45) is 2.95. The number of amides is 1. The van der Waals surface area contributed by atoms with Crippen LogP contribution in [0.15, 0.2) is 11.1 Å². The van der Waals surface area contributed by atoms with Crippen molar-refractivity contribution >= 4 is 21.8 Å². The second-order valence-corrected chi connectivity index (χ2v) is 4.66. The summed E-state index contributed by atoms with van der Waals surface area (Å²) in [5.41, 5.74) is 5.31. The van der Waals surface area contributed by atoms with Gasteiger partial charge in [0.2, 0.25) is 5.91 Å². The van der Waals surface area contributed by atoms with E-state index in [1.54, 1.807) is 0 Å². The summed E-state index contributed by atoms with van der Waals surface area (Å²) in [7, 11) is 0. The number of carbonyl (C=O) groups is 1. The van der Waals surface area contributed by atoms with Gasteiger partial charge in [0.1, 0.15) is 0 Å². The number of hydrogen-bond donors (Lipinski definition) is 2. The Morgan fingerprint density at radius 1 is 1.62 bits per heavy atom. The Morgan fingerprint density at radius 2 is 2.23 bits per heavy atom. The van der Waals surface area contributed by atoms with E-state index in [2.05, 4.69) is 27.8 Å². The van der Waals surface area contributed by atoms with Gasteiger partial charge >= 0.3 is 0 Å². The molecule has 0 radical (unpaired) electrons. The molecule has 0 spiro atoms. The number of carbonyl (C=O) groups excluding carboxylic acids is 1. The van der Waals surface area contributed by atoms with Gasteiger partial charge < -0.3 is 11.1 Å². The van der Waals surface area contributed by atoms with Crippen LogP contribution in [0.2, 0.25) is 0 Å². The molecule has 0 aromatic rings. The van der Waals surface area contributed by atoms with Gasteiger partial charge in [-0.15, -0.1) is 0 Å². The van der Waals surface area contributed by atoms with Crippen LogP contribution < -0.4 is 11.1 Å². The van der Waals surface area contributed by atoms with Crippen molar-refractivity contribution < 1.29 is 4.79 Å². The zero-order valence-electron chi connectivity index (χ0n) is 7.61. The second kappa shape index (κ2) is 4.24. The molecule has 3 N–H and O–H groups in total. The highest BCUT2D eigenvalue weighted by Gasteiger charge is 2.42. The smallest absolute Gasteiger partial charge is 0.227 e. The first-order valence-electron chi connectivity index (χ1n) is 4.42. The summed E-state index contributed by atoms with van der Waals surface area (Å²) < 4.78 is 0.785. The first-order chi connectivity index (χ1) is 6.10. The summed E-state index contributed by atoms with van der Waals surface area (Å²) >= 11 is 3.19. The highest BCUT2D eigenvalue weighted by molar-refractivity contribution is 9.11. The summed E-state index contributed by atoms with van der Waals surface area (Å²) in [5, 5.41) is 2.81. The molecule has 0 aromatic carbocycles. The molecule has 0 aliphatic heterocycles. The maximum Gasteiger partial charge on any atom is 0.227 e. The summed E-state index contributed by atoms with van der Waals surface area (Å²) in [4.78, 5) is 11.6. The molecule has 1 aliphatic rings. The van der Waals surface area contributed by atoms with Gasteiger partial charge in [0.15, 0.2) is 0 Å². The van der Waals surface area contributed by atoms with E-state index >= 15 is 0 Å². The van der Waals surface area contributed by atoms with Crippen LogP contribution in [-0.4, -0.2) is 19.0 Å². The van der Waals surface area contributed by atoms with Gasteiger partial charge in [0.05, 0.1) is 5.41 Å². The number of nitrogens with one attached hydrogen (secondary N) is 1. The van der Waals surface area contributed by atoms with E-state index < -0.39 is 0 Å². The molecule has 0 unspecified atom stereocenters. The van der Waals surface area contributed by atoms with E-state index in [4.69, 9.17) is 5.73 Å². The number of halogens is 1. The lowest BCUT2D eigenvalue weighted by Gasteiger charge is -2.39. The van der Waals surface area contributed by atoms with Crippen molar-refractivity contribution in [2.24, 2.45) is 11.1 Å². The molecule has 0 aromatic heterocycles. The molecule has 13 heavy (non-hydrogen) atoms. The Labute approximate surface area is 86.9 Å². The first-order valence-corrected chi connectivity index (χ1v) is 5.22. The van der Waals surface area contributed by atoms with E-state index in [9.17, 15) is 4.79 Å². The molecule has 0 atom stereocenters. The lowest BCUT2D eigenvalue weighted by Crippen LogP contribution is -2.50. The average Bonchev–Trinajstić information content (AvgIpc) is 2.00. The van der Waals surface area contributed by atoms with Crippen molar-refractivity contribution in [1.82, 2.24) is 5.32 Å². The number of rotatable bonds is 4. The van der Waals surface area contributed by atoms with Crippen LogP contribution >= 0.6 is 15.9 Å². The van der Waals surface area contributed by atoms with Gasteiger partial charge in [0, 0.05) is 17.6 Å². The third-order valence-electron chi connectivity index (χ3n) is 2.62. The molecule has 1 saturated carbocycles. The molecular weight excluding hydrogens is 232 g/mol. The van der Waals surface area contributed by atoms with Crippen molar-refractivity contribution in [3.05, 3.63) is 11.1 Å². The monoisotopic (exact) mass is 246 g/mol. The summed E-state index contributed by atoms with van der Waals surface area (Å²) in [6.45, 7) is 4.59. The van der Waals surface area contributed by atoms with E-state index in [0.717, 1.165) is 23.7 Å². The molecule has 4 heteroatoms. The van der Waals surface area contributed by atoms with Crippen LogP contribution in [0, 0.1) is 5.41 Å². The minimum Gasteiger partial charge on any atom is -0.351 e. The largest absolute Gasteiger partial charge is 0.351 e. The first kappa shape index (κ1) is 10.7. The molecule has 0 bridgehead atoms. The molecular formula is C9H15BrN2O. The van der Waals surface area contributed by atoms with E-state index in [-0.39, 0.29) is 11.3 Å². The zero-order chi connectivity index (χ0) is 9.90. The molecule has 0 saturated heterocycles. The third-order valence-corrected chi connectivity index (χ3v) is 2.90. The van der Waals surface area contributed by atoms with Gasteiger partial charge in [0.25, 0.3) is 0 Å². The molecule has 3 nitrogen and oxygen atoms in total. The fourth-order valence-electron chi connectivity index (χ4n) is 1.49. The quantitative estimate of drug-likeness (QED) is 0.782. The fourth-order valence-corrected chi connectivity index (χ4v) is 1.63. The van der Waals surface area contributed by atoms with E-state index in [1.165, 1.54) is 0 Å². The lowest BCUT2D eigenvalue weighted by molar-refractivity contribution is -0.134. The summed E-state index contributed by atoms with van der Waals surface area (Å²) in [6, 6.07) is 0. The van der Waals surface area contributed by atoms with Crippen molar-refractivity contribution in [3.63, 3.8) is 0 Å². The second-order valence-electron chi connectivity index (χ2n) is 3.54. The van der Waals surface area contributed by atoms with Crippen LogP contribution in [0.25, 0.3) is 0 Å². The summed E-state index contributed by atoms with van der Waals surface area (Å²) in [5.74, 6) is 0.0712. The Hall–Kier alpha value is -0.350. The number of hydrogen-bond acceptors (Lipinski definition) is 2. The molecule has 0 heterocycles. The minimum atomic E-state index is -0.275. The predicted molar refractivity (Wildman–Crippen MR) is 56.4 cm³/mol. The van der Waals surface area contributed by atoms with Crippen LogP contribution in [0.1, 0.15) is 19.3 Å². The minimum absolute atomic E-state index is 0.0712. The van der Waals surface area contributed by atoms with Gasteiger partial charge in [-0.3, -0.25) is 4.79 Å². The molecule has 1 amide bonds. The Bertz CT molecular complexity index is 218. The topological polar surface area (TPSA) is 55.1 Å². The van der Waals surface area contributed by atoms with Crippen LogP contribution in [-0.2, 0) is 4.79 Å². The fraction of sp³-hybridized carbons (Fsp3) is 0.667. The van der Waals surface area contributed by atoms with Crippen LogP contribution in [0.3, 0.4) is 0 Å². The molecule has 1 rings (SSSR count). The number of nitrogens with two attached hydrogens (primary N) is 1. The maximum absolute atomic E-state index is 11.6. The van der Waals surface area contributed by atoms with Gasteiger partial charge in [-0.05, 0) is 12.8 Å². The molecule has 1 fully saturated rings. The van der Waals surface area contributed by atoms with Crippen molar-refractivity contribution in [2.45, 2.75) is 19.3 Å². The highest BCUT2D eigenvalue weighted by Crippen LogP contribution is 2.39. The van der Waals surface area contributed by atoms with Gasteiger partial charge in [-0.25, -0.2) is 0 Å². The van der Waals surface area contributed by atoms with E-state index in [1.807, 2.05) is 0 Å². The van der Waals surface area contributed by atoms with Gasteiger partial charge in [-0.1, -0.05) is 28.9 Å². The maximum atomic E-state index is 11.6. The molecule has 1 aliphatic carbocycles. The average molecular weight is 247 g/mol. The third kappa shape index (κ3) is 2.31. The molecule has 74 valence electrons. The van der Waals surface area contributed by atoms with Crippen LogP contribution in [0.5, 0.6) is 0 Å². The Kier molecular flexibility index (Phi) is 3.50. The van der Waals surface area contributed by atoms with Crippen molar-refractivity contribution in [1.29, 1.82) is 0 Å². The Balaban J connectivity index is 2.41. The van der Waals surface area contributed by atoms with Crippen LogP contribution in [0.4, 0.5) is 0 Å². The van der Waals surface area contributed by atoms with E-state index in [0.29, 0.717) is 13.1 Å². The highest BCUT2D eigenvalue weighted by atomic mass is 79.9. The normalized spacial score (nSPS) is 18.9. The standard InChI is InChI=1S/C9H15BrN2O/c1-7(10)5-12-8(13)9(6-11)3-2-4-9/h1-6,11H2,(H,12,13). The lowest BCUT2D eigenvalue weighted by atomic mass is 9.68. The van der Waals surface area contributed by atoms with Crippen molar-refractivity contribution in [3.8, 4) is 0 Å². The predicted octanol–water partition coefficient (Wildman–Crippen LogP) is 1.14. The van der Waals surface area contributed by atoms with Crippen molar-refractivity contribution in [2.75, 3.05) is 13.1 Å². The Morgan fingerprint density at radius 3 is 2.54 bits per heavy atom. The SMILES string of the molecule is C=C(Br)CNC(=O)C1(CN)CCC1.